The summed E-state index contributed by atoms with van der Waals surface area (Å²) in [6.45, 7) is 0. The van der Waals surface area contributed by atoms with Crippen LogP contribution in [0.1, 0.15) is 22.3 Å². The Balaban J connectivity index is 0.889. The van der Waals surface area contributed by atoms with Gasteiger partial charge in [0.25, 0.3) is 0 Å². The maximum absolute atomic E-state index is 5.68. The molecule has 342 valence electrons. The lowest BCUT2D eigenvalue weighted by Gasteiger charge is -2.30. The quantitative estimate of drug-likeness (QED) is 0.144. The second-order valence-electron chi connectivity index (χ2n) is 18.8. The molecule has 1 heterocycles. The summed E-state index contributed by atoms with van der Waals surface area (Å²) in [5.74, 6) is 0. The molecule has 0 fully saturated rings. The molecule has 1 spiro atoms. The molecule has 11 aromatic carbocycles. The summed E-state index contributed by atoms with van der Waals surface area (Å²) in [5, 5.41) is 0. The first-order valence-corrected chi connectivity index (χ1v) is 25.0. The summed E-state index contributed by atoms with van der Waals surface area (Å²) in [6.07, 6.45) is 0. The Morgan fingerprint density at radius 3 is 1.10 bits per heavy atom. The van der Waals surface area contributed by atoms with Gasteiger partial charge >= 0.3 is 0 Å². The molecule has 4 nitrogen and oxygen atoms in total. The molecule has 0 atom stereocenters. The van der Waals surface area contributed by atoms with Crippen molar-refractivity contribution in [1.82, 2.24) is 9.97 Å². The van der Waals surface area contributed by atoms with Crippen LogP contribution < -0.4 is 9.80 Å². The predicted octanol–water partition coefficient (Wildman–Crippen LogP) is 17.9. The number of anilines is 6. The van der Waals surface area contributed by atoms with Crippen LogP contribution in [-0.4, -0.2) is 9.97 Å². The van der Waals surface area contributed by atoms with Crippen molar-refractivity contribution in [1.29, 1.82) is 0 Å². The third-order valence-electron chi connectivity index (χ3n) is 14.9. The highest BCUT2D eigenvalue weighted by molar-refractivity contribution is 5.99. The van der Waals surface area contributed by atoms with E-state index in [1.54, 1.807) is 0 Å². The van der Waals surface area contributed by atoms with Crippen LogP contribution in [-0.2, 0) is 5.41 Å². The number of aromatic nitrogens is 2. The SMILES string of the molecule is c1ccc(-c2nc3cccc(-c4ccc5c(c4)C4(c6ccccc6-c6ccccc64)c4ccccc4-5)c3nc2-c2ccc(N(c3ccccc3)c3ccc(N(c4ccccc4)c4ccccc4)cc3)cc2)cc1. The first-order chi connectivity index (χ1) is 36.2. The number of rotatable bonds is 9. The number of fused-ring (bicyclic) bond motifs is 11. The largest absolute Gasteiger partial charge is 0.311 e. The molecule has 0 bridgehead atoms. The number of para-hydroxylation sites is 4. The third-order valence-corrected chi connectivity index (χ3v) is 14.9. The lowest BCUT2D eigenvalue weighted by Crippen LogP contribution is -2.25. The highest BCUT2D eigenvalue weighted by Crippen LogP contribution is 2.63. The van der Waals surface area contributed by atoms with E-state index >= 15 is 0 Å². The molecule has 0 aliphatic heterocycles. The Morgan fingerprint density at radius 2 is 0.603 bits per heavy atom. The summed E-state index contributed by atoms with van der Waals surface area (Å²) in [6, 6.07) is 100. The standard InChI is InChI=1S/C69H46N4/c1-5-20-47(21-6-1)66-67(48-36-39-53(40-37-48)73(52-26-11-4-12-27-52)55-43-41-54(42-44-55)72(50-22-7-2-8-23-50)51-24-9-3-10-25-51)71-68-56(31-19-35-65(68)70-66)49-38-45-60-59-30-15-18-34-63(59)69(64(60)46-49)61-32-16-13-28-57(61)58-29-14-17-33-62(58)69/h1-46H. The summed E-state index contributed by atoms with van der Waals surface area (Å²) in [4.78, 5) is 15.8. The number of hydrogen-bond acceptors (Lipinski definition) is 4. The van der Waals surface area contributed by atoms with Gasteiger partial charge < -0.3 is 9.80 Å². The van der Waals surface area contributed by atoms with Gasteiger partial charge in [-0.25, -0.2) is 9.97 Å². The molecule has 4 heteroatoms. The van der Waals surface area contributed by atoms with E-state index in [0.29, 0.717) is 0 Å². The fourth-order valence-electron chi connectivity index (χ4n) is 11.7. The van der Waals surface area contributed by atoms with Gasteiger partial charge in [0.2, 0.25) is 0 Å². The zero-order chi connectivity index (χ0) is 48.3. The smallest absolute Gasteiger partial charge is 0.0973 e. The molecule has 14 rings (SSSR count). The molecule has 0 amide bonds. The zero-order valence-electron chi connectivity index (χ0n) is 39.8. The Bertz CT molecular complexity index is 3900. The molecular weight excluding hydrogens is 885 g/mol. The summed E-state index contributed by atoms with van der Waals surface area (Å²) >= 11 is 0. The normalized spacial score (nSPS) is 12.5. The highest BCUT2D eigenvalue weighted by Gasteiger charge is 2.51. The van der Waals surface area contributed by atoms with Crippen molar-refractivity contribution in [2.24, 2.45) is 0 Å². The minimum absolute atomic E-state index is 0.445. The molecule has 2 aliphatic carbocycles. The molecule has 0 radical (unpaired) electrons. The van der Waals surface area contributed by atoms with Crippen molar-refractivity contribution in [3.63, 3.8) is 0 Å². The van der Waals surface area contributed by atoms with E-state index < -0.39 is 5.41 Å². The van der Waals surface area contributed by atoms with Crippen LogP contribution in [0.2, 0.25) is 0 Å². The van der Waals surface area contributed by atoms with Gasteiger partial charge in [-0.1, -0.05) is 194 Å². The van der Waals surface area contributed by atoms with Gasteiger partial charge in [-0.05, 0) is 135 Å². The van der Waals surface area contributed by atoms with Crippen molar-refractivity contribution in [2.75, 3.05) is 9.80 Å². The molecule has 0 saturated heterocycles. The van der Waals surface area contributed by atoms with Crippen LogP contribution in [0, 0.1) is 0 Å². The highest BCUT2D eigenvalue weighted by atomic mass is 15.2. The molecule has 73 heavy (non-hydrogen) atoms. The van der Waals surface area contributed by atoms with Crippen molar-refractivity contribution in [2.45, 2.75) is 5.41 Å². The first kappa shape index (κ1) is 42.3. The Labute approximate surface area is 425 Å². The van der Waals surface area contributed by atoms with Crippen molar-refractivity contribution in [3.8, 4) is 55.9 Å². The fraction of sp³-hybridized carbons (Fsp3) is 0.0145. The first-order valence-electron chi connectivity index (χ1n) is 25.0. The van der Waals surface area contributed by atoms with Gasteiger partial charge in [0.1, 0.15) is 0 Å². The molecular formula is C69H46N4. The van der Waals surface area contributed by atoms with E-state index in [1.165, 1.54) is 44.5 Å². The van der Waals surface area contributed by atoms with E-state index in [0.717, 1.165) is 78.8 Å². The topological polar surface area (TPSA) is 32.3 Å². The molecule has 0 saturated carbocycles. The van der Waals surface area contributed by atoms with Crippen LogP contribution in [0.15, 0.2) is 279 Å². The van der Waals surface area contributed by atoms with E-state index in [1.807, 2.05) is 0 Å². The minimum atomic E-state index is -0.445. The predicted molar refractivity (Wildman–Crippen MR) is 302 cm³/mol. The molecule has 0 unspecified atom stereocenters. The number of benzene rings is 11. The minimum Gasteiger partial charge on any atom is -0.311 e. The van der Waals surface area contributed by atoms with Crippen molar-refractivity contribution >= 4 is 45.2 Å². The second-order valence-corrected chi connectivity index (χ2v) is 18.8. The number of nitrogens with zero attached hydrogens (tertiary/aromatic N) is 4. The van der Waals surface area contributed by atoms with Crippen LogP contribution in [0.25, 0.3) is 66.9 Å². The van der Waals surface area contributed by atoms with Crippen LogP contribution in [0.4, 0.5) is 34.1 Å². The van der Waals surface area contributed by atoms with Gasteiger partial charge in [-0.3, -0.25) is 0 Å². The van der Waals surface area contributed by atoms with Gasteiger partial charge in [0.05, 0.1) is 27.8 Å². The summed E-state index contributed by atoms with van der Waals surface area (Å²) < 4.78 is 0. The molecule has 0 N–H and O–H groups in total. The van der Waals surface area contributed by atoms with E-state index in [9.17, 15) is 0 Å². The molecule has 2 aliphatic rings. The second kappa shape index (κ2) is 17.3. The van der Waals surface area contributed by atoms with E-state index in [-0.39, 0.29) is 0 Å². The van der Waals surface area contributed by atoms with Crippen molar-refractivity contribution < 1.29 is 0 Å². The summed E-state index contributed by atoms with van der Waals surface area (Å²) in [7, 11) is 0. The third kappa shape index (κ3) is 6.83. The Kier molecular flexibility index (Phi) is 10.0. The monoisotopic (exact) mass is 930 g/mol. The van der Waals surface area contributed by atoms with Gasteiger partial charge in [0, 0.05) is 50.8 Å². The van der Waals surface area contributed by atoms with Gasteiger partial charge in [-0.15, -0.1) is 0 Å². The maximum Gasteiger partial charge on any atom is 0.0973 e. The van der Waals surface area contributed by atoms with E-state index in [4.69, 9.17) is 9.97 Å². The average Bonchev–Trinajstić information content (AvgIpc) is 3.94. The van der Waals surface area contributed by atoms with E-state index in [2.05, 4.69) is 289 Å². The van der Waals surface area contributed by atoms with Crippen LogP contribution in [0.5, 0.6) is 0 Å². The zero-order valence-corrected chi connectivity index (χ0v) is 39.8. The Hall–Kier alpha value is -9.64. The molecule has 1 aromatic heterocycles. The summed E-state index contributed by atoms with van der Waals surface area (Å²) in [5.41, 5.74) is 24.0. The van der Waals surface area contributed by atoms with Crippen molar-refractivity contribution in [3.05, 3.63) is 301 Å². The van der Waals surface area contributed by atoms with Gasteiger partial charge in [-0.2, -0.15) is 0 Å². The van der Waals surface area contributed by atoms with Crippen LogP contribution in [0.3, 0.4) is 0 Å². The number of hydrogen-bond donors (Lipinski definition) is 0. The van der Waals surface area contributed by atoms with Gasteiger partial charge in [0.15, 0.2) is 0 Å². The lowest BCUT2D eigenvalue weighted by molar-refractivity contribution is 0.794. The maximum atomic E-state index is 5.68. The molecule has 12 aromatic rings. The van der Waals surface area contributed by atoms with Crippen LogP contribution >= 0.6 is 0 Å². The average molecular weight is 931 g/mol. The lowest BCUT2D eigenvalue weighted by atomic mass is 9.70. The fourth-order valence-corrected chi connectivity index (χ4v) is 11.7. The Morgan fingerprint density at radius 1 is 0.247 bits per heavy atom.